The summed E-state index contributed by atoms with van der Waals surface area (Å²) in [5, 5.41) is 12.4. The summed E-state index contributed by atoms with van der Waals surface area (Å²) < 4.78 is 0. The molecule has 1 unspecified atom stereocenters. The fourth-order valence-electron chi connectivity index (χ4n) is 2.25. The number of likely N-dealkylation sites (tertiary alicyclic amines) is 1. The van der Waals surface area contributed by atoms with Gasteiger partial charge in [-0.25, -0.2) is 4.79 Å². The molecule has 4 heteroatoms. The van der Waals surface area contributed by atoms with Crippen LogP contribution in [0.15, 0.2) is 24.3 Å². The van der Waals surface area contributed by atoms with Crippen LogP contribution in [0.25, 0.3) is 0 Å². The standard InChI is InChI=1S/C14H20N2O2/c1-11-4-2-5-12(8-11)9-15-14(18)16-7-3-6-13(17)10-16/h2,4-5,8,13,17H,3,6-7,9-10H2,1H3,(H,15,18). The molecule has 0 aliphatic carbocycles. The Morgan fingerprint density at radius 2 is 2.39 bits per heavy atom. The highest BCUT2D eigenvalue weighted by Crippen LogP contribution is 2.10. The highest BCUT2D eigenvalue weighted by Gasteiger charge is 2.21. The van der Waals surface area contributed by atoms with Crippen molar-refractivity contribution >= 4 is 6.03 Å². The Hall–Kier alpha value is -1.55. The van der Waals surface area contributed by atoms with Gasteiger partial charge in [-0.1, -0.05) is 29.8 Å². The Kier molecular flexibility index (Phi) is 4.20. The van der Waals surface area contributed by atoms with Gasteiger partial charge in [0.15, 0.2) is 0 Å². The van der Waals surface area contributed by atoms with Crippen molar-refractivity contribution in [3.05, 3.63) is 35.4 Å². The lowest BCUT2D eigenvalue weighted by Crippen LogP contribution is -2.46. The average molecular weight is 248 g/mol. The molecule has 2 rings (SSSR count). The van der Waals surface area contributed by atoms with Gasteiger partial charge in [0, 0.05) is 19.6 Å². The summed E-state index contributed by atoms with van der Waals surface area (Å²) in [7, 11) is 0. The number of nitrogens with zero attached hydrogens (tertiary/aromatic N) is 1. The topological polar surface area (TPSA) is 52.6 Å². The lowest BCUT2D eigenvalue weighted by atomic mass is 10.1. The van der Waals surface area contributed by atoms with Crippen molar-refractivity contribution in [1.82, 2.24) is 10.2 Å². The number of β-amino-alcohol motifs (C(OH)–C–C–N with tert-alkyl or cyclic N) is 1. The van der Waals surface area contributed by atoms with Gasteiger partial charge in [0.2, 0.25) is 0 Å². The van der Waals surface area contributed by atoms with E-state index >= 15 is 0 Å². The Bertz CT molecular complexity index is 420. The number of aliphatic hydroxyl groups excluding tert-OH is 1. The van der Waals surface area contributed by atoms with Crippen LogP contribution in [0.1, 0.15) is 24.0 Å². The van der Waals surface area contributed by atoms with Gasteiger partial charge in [-0.05, 0) is 25.3 Å². The van der Waals surface area contributed by atoms with E-state index in [2.05, 4.69) is 11.4 Å². The summed E-state index contributed by atoms with van der Waals surface area (Å²) in [6.07, 6.45) is 1.30. The molecular formula is C14H20N2O2. The lowest BCUT2D eigenvalue weighted by Gasteiger charge is -2.30. The second-order valence-corrected chi connectivity index (χ2v) is 4.89. The number of nitrogens with one attached hydrogen (secondary N) is 1. The first-order chi connectivity index (χ1) is 8.65. The average Bonchev–Trinajstić information content (AvgIpc) is 2.36. The fraction of sp³-hybridized carbons (Fsp3) is 0.500. The van der Waals surface area contributed by atoms with Crippen molar-refractivity contribution in [2.45, 2.75) is 32.4 Å². The van der Waals surface area contributed by atoms with E-state index in [1.165, 1.54) is 5.56 Å². The molecule has 1 saturated heterocycles. The molecule has 18 heavy (non-hydrogen) atoms. The minimum atomic E-state index is -0.372. The zero-order chi connectivity index (χ0) is 13.0. The fourth-order valence-corrected chi connectivity index (χ4v) is 2.25. The summed E-state index contributed by atoms with van der Waals surface area (Å²) in [4.78, 5) is 13.6. The number of benzene rings is 1. The molecule has 1 aromatic carbocycles. The molecule has 1 aromatic rings. The summed E-state index contributed by atoms with van der Waals surface area (Å²) in [6, 6.07) is 7.99. The van der Waals surface area contributed by atoms with E-state index in [0.717, 1.165) is 24.9 Å². The van der Waals surface area contributed by atoms with Crippen molar-refractivity contribution < 1.29 is 9.90 Å². The lowest BCUT2D eigenvalue weighted by molar-refractivity contribution is 0.0842. The number of piperidine rings is 1. The summed E-state index contributed by atoms with van der Waals surface area (Å²) >= 11 is 0. The molecular weight excluding hydrogens is 228 g/mol. The van der Waals surface area contributed by atoms with Crippen LogP contribution >= 0.6 is 0 Å². The normalized spacial score (nSPS) is 19.7. The molecule has 2 N–H and O–H groups in total. The van der Waals surface area contributed by atoms with Crippen molar-refractivity contribution in [3.8, 4) is 0 Å². The number of amides is 2. The highest BCUT2D eigenvalue weighted by atomic mass is 16.3. The third-order valence-corrected chi connectivity index (χ3v) is 3.21. The molecule has 1 aliphatic rings. The third-order valence-electron chi connectivity index (χ3n) is 3.21. The molecule has 1 aliphatic heterocycles. The molecule has 0 saturated carbocycles. The van der Waals surface area contributed by atoms with Gasteiger partial charge >= 0.3 is 6.03 Å². The zero-order valence-corrected chi connectivity index (χ0v) is 10.7. The second-order valence-electron chi connectivity index (χ2n) is 4.89. The van der Waals surface area contributed by atoms with E-state index in [-0.39, 0.29) is 12.1 Å². The van der Waals surface area contributed by atoms with Crippen LogP contribution in [-0.2, 0) is 6.54 Å². The summed E-state index contributed by atoms with van der Waals surface area (Å²) in [5.74, 6) is 0. The summed E-state index contributed by atoms with van der Waals surface area (Å²) in [5.41, 5.74) is 2.29. The molecule has 0 aromatic heterocycles. The van der Waals surface area contributed by atoms with Gasteiger partial charge in [0.1, 0.15) is 0 Å². The molecule has 0 spiro atoms. The first-order valence-electron chi connectivity index (χ1n) is 6.41. The van der Waals surface area contributed by atoms with Crippen LogP contribution in [-0.4, -0.2) is 35.2 Å². The molecule has 0 radical (unpaired) electrons. The first kappa shape index (κ1) is 12.9. The molecule has 0 bridgehead atoms. The molecule has 1 atom stereocenters. The van der Waals surface area contributed by atoms with E-state index in [0.29, 0.717) is 13.1 Å². The first-order valence-corrected chi connectivity index (χ1v) is 6.41. The van der Waals surface area contributed by atoms with Crippen LogP contribution in [0.2, 0.25) is 0 Å². The van der Waals surface area contributed by atoms with Gasteiger partial charge < -0.3 is 15.3 Å². The van der Waals surface area contributed by atoms with E-state index in [1.807, 2.05) is 25.1 Å². The molecule has 4 nitrogen and oxygen atoms in total. The van der Waals surface area contributed by atoms with E-state index in [4.69, 9.17) is 0 Å². The number of rotatable bonds is 2. The smallest absolute Gasteiger partial charge is 0.317 e. The summed E-state index contributed by atoms with van der Waals surface area (Å²) in [6.45, 7) is 3.75. The monoisotopic (exact) mass is 248 g/mol. The number of hydrogen-bond donors (Lipinski definition) is 2. The highest BCUT2D eigenvalue weighted by molar-refractivity contribution is 5.74. The van der Waals surface area contributed by atoms with Crippen molar-refractivity contribution in [3.63, 3.8) is 0 Å². The molecule has 2 amide bonds. The Morgan fingerprint density at radius 1 is 1.56 bits per heavy atom. The minimum Gasteiger partial charge on any atom is -0.391 e. The van der Waals surface area contributed by atoms with Crippen LogP contribution in [0.4, 0.5) is 4.79 Å². The van der Waals surface area contributed by atoms with Gasteiger partial charge in [0.05, 0.1) is 6.10 Å². The number of aliphatic hydroxyl groups is 1. The van der Waals surface area contributed by atoms with Crippen molar-refractivity contribution in [1.29, 1.82) is 0 Å². The second kappa shape index (κ2) is 5.87. The maximum Gasteiger partial charge on any atom is 0.317 e. The van der Waals surface area contributed by atoms with E-state index in [9.17, 15) is 9.90 Å². The number of carbonyl (C=O) groups excluding carboxylic acids is 1. The maximum atomic E-state index is 11.9. The SMILES string of the molecule is Cc1cccc(CNC(=O)N2CCCC(O)C2)c1. The number of carbonyl (C=O) groups is 1. The van der Waals surface area contributed by atoms with Crippen molar-refractivity contribution in [2.75, 3.05) is 13.1 Å². The van der Waals surface area contributed by atoms with E-state index < -0.39 is 0 Å². The largest absolute Gasteiger partial charge is 0.391 e. The van der Waals surface area contributed by atoms with Crippen molar-refractivity contribution in [2.24, 2.45) is 0 Å². The van der Waals surface area contributed by atoms with Crippen LogP contribution < -0.4 is 5.32 Å². The predicted molar refractivity (Wildman–Crippen MR) is 70.2 cm³/mol. The van der Waals surface area contributed by atoms with Crippen LogP contribution in [0.3, 0.4) is 0 Å². The number of urea groups is 1. The van der Waals surface area contributed by atoms with Crippen LogP contribution in [0, 0.1) is 6.92 Å². The number of hydrogen-bond acceptors (Lipinski definition) is 2. The Balaban J connectivity index is 1.84. The van der Waals surface area contributed by atoms with Gasteiger partial charge in [-0.3, -0.25) is 0 Å². The van der Waals surface area contributed by atoms with E-state index in [1.54, 1.807) is 4.90 Å². The zero-order valence-electron chi connectivity index (χ0n) is 10.7. The van der Waals surface area contributed by atoms with Gasteiger partial charge in [-0.15, -0.1) is 0 Å². The maximum absolute atomic E-state index is 11.9. The molecule has 1 fully saturated rings. The molecule has 1 heterocycles. The third kappa shape index (κ3) is 3.47. The van der Waals surface area contributed by atoms with Crippen LogP contribution in [0.5, 0.6) is 0 Å². The van der Waals surface area contributed by atoms with Gasteiger partial charge in [-0.2, -0.15) is 0 Å². The quantitative estimate of drug-likeness (QED) is 0.836. The minimum absolute atomic E-state index is 0.0877. The Morgan fingerprint density at radius 3 is 3.11 bits per heavy atom. The Labute approximate surface area is 108 Å². The number of aryl methyl sites for hydroxylation is 1. The molecule has 98 valence electrons. The predicted octanol–water partition coefficient (Wildman–Crippen LogP) is 1.66. The van der Waals surface area contributed by atoms with Gasteiger partial charge in [0.25, 0.3) is 0 Å².